The first-order chi connectivity index (χ1) is 14.6. The monoisotopic (exact) mass is 406 g/mol. The van der Waals surface area contributed by atoms with E-state index >= 15 is 0 Å². The number of nitrogens with zero attached hydrogens (tertiary/aromatic N) is 2. The SMILES string of the molecule is Cc1cc([N+](=O)[O-])c(OC2CC2)cc1C1=CC2COCC(C1)N2Cc1ccccc1. The van der Waals surface area contributed by atoms with Crippen molar-refractivity contribution >= 4 is 11.3 Å². The van der Waals surface area contributed by atoms with Crippen molar-refractivity contribution in [2.75, 3.05) is 13.2 Å². The molecule has 6 heteroatoms. The summed E-state index contributed by atoms with van der Waals surface area (Å²) in [6.07, 6.45) is 5.21. The van der Waals surface area contributed by atoms with Crippen LogP contribution < -0.4 is 4.74 Å². The fourth-order valence-electron chi connectivity index (χ4n) is 4.52. The van der Waals surface area contributed by atoms with Crippen LogP contribution in [0.15, 0.2) is 48.5 Å². The molecule has 2 aromatic rings. The Morgan fingerprint density at radius 1 is 1.20 bits per heavy atom. The normalized spacial score (nSPS) is 23.7. The lowest BCUT2D eigenvalue weighted by Gasteiger charge is -2.45. The molecule has 30 heavy (non-hydrogen) atoms. The third kappa shape index (κ3) is 3.85. The van der Waals surface area contributed by atoms with E-state index in [1.807, 2.05) is 19.1 Å². The van der Waals surface area contributed by atoms with Crippen LogP contribution in [-0.2, 0) is 11.3 Å². The summed E-state index contributed by atoms with van der Waals surface area (Å²) < 4.78 is 11.7. The number of nitro groups is 1. The summed E-state index contributed by atoms with van der Waals surface area (Å²) >= 11 is 0. The van der Waals surface area contributed by atoms with Gasteiger partial charge >= 0.3 is 5.69 Å². The summed E-state index contributed by atoms with van der Waals surface area (Å²) in [5.74, 6) is 0.400. The van der Waals surface area contributed by atoms with Gasteiger partial charge < -0.3 is 9.47 Å². The Bertz CT molecular complexity index is 984. The van der Waals surface area contributed by atoms with Crippen molar-refractivity contribution in [3.8, 4) is 5.75 Å². The second-order valence-corrected chi connectivity index (χ2v) is 8.52. The van der Waals surface area contributed by atoms with Gasteiger partial charge in [0, 0.05) is 18.7 Å². The molecule has 2 unspecified atom stereocenters. The first-order valence-electron chi connectivity index (χ1n) is 10.6. The third-order valence-electron chi connectivity index (χ3n) is 6.22. The lowest BCUT2D eigenvalue weighted by Crippen LogP contribution is -2.53. The summed E-state index contributed by atoms with van der Waals surface area (Å²) in [5.41, 5.74) is 4.59. The zero-order valence-electron chi connectivity index (χ0n) is 17.1. The van der Waals surface area contributed by atoms with Crippen LogP contribution in [0.3, 0.4) is 0 Å². The quantitative estimate of drug-likeness (QED) is 0.522. The van der Waals surface area contributed by atoms with Gasteiger partial charge in [-0.2, -0.15) is 0 Å². The van der Waals surface area contributed by atoms with Crippen LogP contribution in [0.1, 0.15) is 36.0 Å². The topological polar surface area (TPSA) is 64.8 Å². The van der Waals surface area contributed by atoms with E-state index in [-0.39, 0.29) is 22.8 Å². The van der Waals surface area contributed by atoms with E-state index < -0.39 is 0 Å². The van der Waals surface area contributed by atoms with E-state index in [4.69, 9.17) is 9.47 Å². The summed E-state index contributed by atoms with van der Waals surface area (Å²) in [6.45, 7) is 4.23. The number of morpholine rings is 1. The highest BCUT2D eigenvalue weighted by Gasteiger charge is 2.36. The Morgan fingerprint density at radius 3 is 2.70 bits per heavy atom. The van der Waals surface area contributed by atoms with E-state index in [9.17, 15) is 10.1 Å². The molecule has 2 bridgehead atoms. The van der Waals surface area contributed by atoms with Crippen LogP contribution in [0.25, 0.3) is 5.57 Å². The molecule has 1 saturated carbocycles. The van der Waals surface area contributed by atoms with E-state index in [2.05, 4.69) is 35.2 Å². The number of hydrogen-bond acceptors (Lipinski definition) is 5. The fraction of sp³-hybridized carbons (Fsp3) is 0.417. The van der Waals surface area contributed by atoms with Crippen molar-refractivity contribution in [2.24, 2.45) is 0 Å². The van der Waals surface area contributed by atoms with Crippen LogP contribution >= 0.6 is 0 Å². The molecule has 0 spiro atoms. The Morgan fingerprint density at radius 2 is 2.00 bits per heavy atom. The van der Waals surface area contributed by atoms with Crippen molar-refractivity contribution < 1.29 is 14.4 Å². The fourth-order valence-corrected chi connectivity index (χ4v) is 4.52. The van der Waals surface area contributed by atoms with E-state index in [1.165, 1.54) is 11.1 Å². The molecule has 2 aromatic carbocycles. The number of nitro benzene ring substituents is 1. The van der Waals surface area contributed by atoms with Crippen molar-refractivity contribution in [1.82, 2.24) is 4.90 Å². The van der Waals surface area contributed by atoms with Gasteiger partial charge in [-0.05, 0) is 54.5 Å². The standard InChI is InChI=1S/C24H26N2O4/c1-16-9-23(26(27)28)24(30-21-7-8-21)12-22(16)18-10-19-14-29-15-20(11-18)25(19)13-17-5-3-2-4-6-17/h2-6,9-10,12,19-21H,7-8,11,13-15H2,1H3. The molecule has 0 N–H and O–H groups in total. The highest BCUT2D eigenvalue weighted by atomic mass is 16.6. The smallest absolute Gasteiger partial charge is 0.311 e. The van der Waals surface area contributed by atoms with Crippen molar-refractivity contribution in [3.05, 3.63) is 75.3 Å². The molecule has 1 aliphatic carbocycles. The maximum absolute atomic E-state index is 11.5. The maximum Gasteiger partial charge on any atom is 0.311 e. The van der Waals surface area contributed by atoms with E-state index in [1.54, 1.807) is 6.07 Å². The molecule has 6 nitrogen and oxygen atoms in total. The van der Waals surface area contributed by atoms with Crippen LogP contribution in [0, 0.1) is 17.0 Å². The molecule has 0 radical (unpaired) electrons. The highest BCUT2D eigenvalue weighted by Crippen LogP contribution is 2.40. The minimum Gasteiger partial charge on any atom is -0.483 e. The Kier molecular flexibility index (Phi) is 5.05. The minimum atomic E-state index is -0.339. The van der Waals surface area contributed by atoms with Crippen molar-refractivity contribution in [2.45, 2.75) is 50.9 Å². The second kappa shape index (κ2) is 7.85. The van der Waals surface area contributed by atoms with Crippen molar-refractivity contribution in [1.29, 1.82) is 0 Å². The molecule has 2 heterocycles. The number of benzene rings is 2. The average molecular weight is 406 g/mol. The molecule has 5 rings (SSSR count). The summed E-state index contributed by atoms with van der Waals surface area (Å²) in [6, 6.07) is 14.6. The third-order valence-corrected chi connectivity index (χ3v) is 6.22. The molecule has 156 valence electrons. The zero-order valence-corrected chi connectivity index (χ0v) is 17.1. The lowest BCUT2D eigenvalue weighted by atomic mass is 9.87. The zero-order chi connectivity index (χ0) is 20.7. The number of aryl methyl sites for hydroxylation is 1. The number of rotatable bonds is 6. The van der Waals surface area contributed by atoms with Gasteiger partial charge in [-0.3, -0.25) is 15.0 Å². The molecule has 2 aliphatic heterocycles. The van der Waals surface area contributed by atoms with Gasteiger partial charge in [-0.25, -0.2) is 0 Å². The molecular weight excluding hydrogens is 380 g/mol. The van der Waals surface area contributed by atoms with Crippen LogP contribution in [-0.4, -0.2) is 41.2 Å². The Balaban J connectivity index is 1.46. The van der Waals surface area contributed by atoms with Gasteiger partial charge in [-0.15, -0.1) is 0 Å². The Hall–Kier alpha value is -2.70. The van der Waals surface area contributed by atoms with Gasteiger partial charge in [0.2, 0.25) is 0 Å². The summed E-state index contributed by atoms with van der Waals surface area (Å²) in [5, 5.41) is 11.5. The molecule has 2 atom stereocenters. The molecular formula is C24H26N2O4. The van der Waals surface area contributed by atoms with Gasteiger partial charge in [-0.1, -0.05) is 36.4 Å². The van der Waals surface area contributed by atoms with Crippen molar-refractivity contribution in [3.63, 3.8) is 0 Å². The average Bonchev–Trinajstić information content (AvgIpc) is 3.53. The molecule has 1 saturated heterocycles. The molecule has 0 amide bonds. The minimum absolute atomic E-state index is 0.0637. The predicted octanol–water partition coefficient (Wildman–Crippen LogP) is 4.50. The molecule has 3 aliphatic rings. The number of ether oxygens (including phenoxy) is 2. The summed E-state index contributed by atoms with van der Waals surface area (Å²) in [7, 11) is 0. The first kappa shape index (κ1) is 19.3. The number of hydrogen-bond donors (Lipinski definition) is 0. The van der Waals surface area contributed by atoms with Gasteiger partial charge in [0.25, 0.3) is 0 Å². The second-order valence-electron chi connectivity index (χ2n) is 8.52. The summed E-state index contributed by atoms with van der Waals surface area (Å²) in [4.78, 5) is 13.7. The molecule has 0 aromatic heterocycles. The lowest BCUT2D eigenvalue weighted by molar-refractivity contribution is -0.386. The van der Waals surface area contributed by atoms with E-state index in [0.717, 1.165) is 36.9 Å². The van der Waals surface area contributed by atoms with Gasteiger partial charge in [0.1, 0.15) is 0 Å². The van der Waals surface area contributed by atoms with Gasteiger partial charge in [0.05, 0.1) is 30.3 Å². The maximum atomic E-state index is 11.5. The first-order valence-corrected chi connectivity index (χ1v) is 10.6. The van der Waals surface area contributed by atoms with Crippen LogP contribution in [0.4, 0.5) is 5.69 Å². The van der Waals surface area contributed by atoms with E-state index in [0.29, 0.717) is 25.0 Å². The van der Waals surface area contributed by atoms with Gasteiger partial charge in [0.15, 0.2) is 5.75 Å². The Labute approximate surface area is 176 Å². The number of fused-ring (bicyclic) bond motifs is 2. The molecule has 2 fully saturated rings. The van der Waals surface area contributed by atoms with Crippen LogP contribution in [0.2, 0.25) is 0 Å². The largest absolute Gasteiger partial charge is 0.483 e. The van der Waals surface area contributed by atoms with Crippen LogP contribution in [0.5, 0.6) is 5.75 Å². The predicted molar refractivity (Wildman–Crippen MR) is 114 cm³/mol. The highest BCUT2D eigenvalue weighted by molar-refractivity contribution is 5.73.